The number of nitrogens with one attached hydrogen (secondary N) is 1. The number of anilines is 1. The number of carbonyl (C=O) groups is 1. The summed E-state index contributed by atoms with van der Waals surface area (Å²) in [6.07, 6.45) is 0. The van der Waals surface area contributed by atoms with Crippen molar-refractivity contribution in [1.82, 2.24) is 0 Å². The van der Waals surface area contributed by atoms with Crippen LogP contribution in [0.15, 0.2) is 30.3 Å². The van der Waals surface area contributed by atoms with Gasteiger partial charge in [-0.15, -0.1) is 5.92 Å². The minimum absolute atomic E-state index is 0.0776. The van der Waals surface area contributed by atoms with Crippen LogP contribution < -0.4 is 5.32 Å². The Kier molecular flexibility index (Phi) is 4.47. The highest BCUT2D eigenvalue weighted by molar-refractivity contribution is 14.1. The predicted octanol–water partition coefficient (Wildman–Crippen LogP) is 2.45. The molecule has 0 bridgehead atoms. The minimum Gasteiger partial charge on any atom is -0.324 e. The van der Waals surface area contributed by atoms with Crippen LogP contribution in [0.5, 0.6) is 0 Å². The SMILES string of the molecule is CC#CC(I)C(=O)Nc1ccccc1. The fraction of sp³-hybridized carbons (Fsp3) is 0.182. The average molecular weight is 299 g/mol. The number of rotatable bonds is 2. The molecule has 0 saturated heterocycles. The van der Waals surface area contributed by atoms with Crippen LogP contribution >= 0.6 is 22.6 Å². The first-order valence-electron chi connectivity index (χ1n) is 4.16. The van der Waals surface area contributed by atoms with Crippen molar-refractivity contribution in [1.29, 1.82) is 0 Å². The van der Waals surface area contributed by atoms with Gasteiger partial charge in [-0.25, -0.2) is 0 Å². The fourth-order valence-corrected chi connectivity index (χ4v) is 1.39. The van der Waals surface area contributed by atoms with Crippen LogP contribution in [0, 0.1) is 11.8 Å². The lowest BCUT2D eigenvalue weighted by atomic mass is 10.3. The summed E-state index contributed by atoms with van der Waals surface area (Å²) in [4.78, 5) is 11.5. The molecule has 1 amide bonds. The van der Waals surface area contributed by atoms with Crippen LogP contribution in [-0.4, -0.2) is 9.83 Å². The van der Waals surface area contributed by atoms with Crippen LogP contribution in [-0.2, 0) is 4.79 Å². The highest BCUT2D eigenvalue weighted by Gasteiger charge is 2.10. The third-order valence-electron chi connectivity index (χ3n) is 1.54. The maximum absolute atomic E-state index is 11.5. The van der Waals surface area contributed by atoms with Crippen molar-refractivity contribution < 1.29 is 4.79 Å². The molecule has 0 radical (unpaired) electrons. The molecular weight excluding hydrogens is 289 g/mol. The maximum Gasteiger partial charge on any atom is 0.249 e. The first kappa shape index (κ1) is 11.1. The van der Waals surface area contributed by atoms with Crippen molar-refractivity contribution in [2.75, 3.05) is 5.32 Å². The van der Waals surface area contributed by atoms with E-state index < -0.39 is 0 Å². The van der Waals surface area contributed by atoms with Gasteiger partial charge in [0.15, 0.2) is 3.92 Å². The van der Waals surface area contributed by atoms with Crippen molar-refractivity contribution in [2.24, 2.45) is 0 Å². The molecule has 0 saturated carbocycles. The van der Waals surface area contributed by atoms with Crippen LogP contribution in [0.25, 0.3) is 0 Å². The second-order valence-electron chi connectivity index (χ2n) is 2.61. The van der Waals surface area contributed by atoms with Gasteiger partial charge >= 0.3 is 0 Å². The first-order chi connectivity index (χ1) is 6.74. The Balaban J connectivity index is 2.60. The van der Waals surface area contributed by atoms with Crippen molar-refractivity contribution in [3.8, 4) is 11.8 Å². The number of halogens is 1. The number of alkyl halides is 1. The molecule has 1 aromatic carbocycles. The summed E-state index contributed by atoms with van der Waals surface area (Å²) in [6, 6.07) is 9.36. The van der Waals surface area contributed by atoms with Gasteiger partial charge in [-0.1, -0.05) is 46.7 Å². The molecule has 1 aromatic rings. The number of benzene rings is 1. The molecule has 0 fully saturated rings. The maximum atomic E-state index is 11.5. The third kappa shape index (κ3) is 3.38. The molecule has 0 aromatic heterocycles. The van der Waals surface area contributed by atoms with Gasteiger partial charge in [0.1, 0.15) is 0 Å². The number of amides is 1. The molecule has 14 heavy (non-hydrogen) atoms. The van der Waals surface area contributed by atoms with Crippen LogP contribution in [0.1, 0.15) is 6.92 Å². The number of carbonyl (C=O) groups excluding carboxylic acids is 1. The molecule has 0 aliphatic heterocycles. The summed E-state index contributed by atoms with van der Waals surface area (Å²) in [5.41, 5.74) is 0.803. The summed E-state index contributed by atoms with van der Waals surface area (Å²) >= 11 is 2.01. The smallest absolute Gasteiger partial charge is 0.249 e. The van der Waals surface area contributed by atoms with Gasteiger partial charge in [-0.05, 0) is 19.1 Å². The number of hydrogen-bond acceptors (Lipinski definition) is 1. The van der Waals surface area contributed by atoms with Gasteiger partial charge in [-0.3, -0.25) is 4.79 Å². The van der Waals surface area contributed by atoms with Crippen molar-refractivity contribution >= 4 is 34.2 Å². The van der Waals surface area contributed by atoms with E-state index >= 15 is 0 Å². The van der Waals surface area contributed by atoms with Gasteiger partial charge in [0.05, 0.1) is 0 Å². The molecule has 1 unspecified atom stereocenters. The molecule has 2 nitrogen and oxygen atoms in total. The normalized spacial score (nSPS) is 11.0. The average Bonchev–Trinajstić information content (AvgIpc) is 2.19. The zero-order valence-electron chi connectivity index (χ0n) is 7.75. The highest BCUT2D eigenvalue weighted by Crippen LogP contribution is 2.08. The Morgan fingerprint density at radius 3 is 2.64 bits per heavy atom. The fourth-order valence-electron chi connectivity index (χ4n) is 0.919. The molecule has 3 heteroatoms. The van der Waals surface area contributed by atoms with Gasteiger partial charge in [0, 0.05) is 5.69 Å². The molecule has 0 aliphatic carbocycles. The Labute approximate surface area is 97.2 Å². The highest BCUT2D eigenvalue weighted by atomic mass is 127. The van der Waals surface area contributed by atoms with E-state index in [4.69, 9.17) is 0 Å². The summed E-state index contributed by atoms with van der Waals surface area (Å²) in [5, 5.41) is 2.78. The second kappa shape index (κ2) is 5.66. The lowest BCUT2D eigenvalue weighted by Crippen LogP contribution is -2.21. The van der Waals surface area contributed by atoms with Gasteiger partial charge in [0.2, 0.25) is 5.91 Å². The van der Waals surface area contributed by atoms with Crippen LogP contribution in [0.2, 0.25) is 0 Å². The standard InChI is InChI=1S/C11H10INO/c1-2-6-10(12)11(14)13-9-7-4-3-5-8-9/h3-5,7-8,10H,1H3,(H,13,14). The Morgan fingerprint density at radius 1 is 1.43 bits per heavy atom. The van der Waals surface area contributed by atoms with Crippen molar-refractivity contribution in [2.45, 2.75) is 10.8 Å². The molecule has 1 atom stereocenters. The predicted molar refractivity (Wildman–Crippen MR) is 66.3 cm³/mol. The number of para-hydroxylation sites is 1. The molecular formula is C11H10INO. The summed E-state index contributed by atoms with van der Waals surface area (Å²) < 4.78 is -0.294. The van der Waals surface area contributed by atoms with E-state index in [-0.39, 0.29) is 9.83 Å². The summed E-state index contributed by atoms with van der Waals surface area (Å²) in [7, 11) is 0. The van der Waals surface area contributed by atoms with E-state index in [2.05, 4.69) is 17.2 Å². The molecule has 0 heterocycles. The zero-order chi connectivity index (χ0) is 10.4. The second-order valence-corrected chi connectivity index (χ2v) is 3.86. The summed E-state index contributed by atoms with van der Waals surface area (Å²) in [6.45, 7) is 1.72. The molecule has 0 aliphatic rings. The molecule has 0 spiro atoms. The number of hydrogen-bond donors (Lipinski definition) is 1. The van der Waals surface area contributed by atoms with Crippen molar-refractivity contribution in [3.63, 3.8) is 0 Å². The quantitative estimate of drug-likeness (QED) is 0.507. The van der Waals surface area contributed by atoms with Gasteiger partial charge in [-0.2, -0.15) is 0 Å². The Hall–Kier alpha value is -1.02. The van der Waals surface area contributed by atoms with E-state index in [1.807, 2.05) is 52.9 Å². The van der Waals surface area contributed by atoms with E-state index in [0.29, 0.717) is 0 Å². The van der Waals surface area contributed by atoms with Gasteiger partial charge in [0.25, 0.3) is 0 Å². The molecule has 1 N–H and O–H groups in total. The van der Waals surface area contributed by atoms with Crippen LogP contribution in [0.4, 0.5) is 5.69 Å². The van der Waals surface area contributed by atoms with E-state index in [1.165, 1.54) is 0 Å². The first-order valence-corrected chi connectivity index (χ1v) is 5.41. The van der Waals surface area contributed by atoms with Crippen molar-refractivity contribution in [3.05, 3.63) is 30.3 Å². The third-order valence-corrected chi connectivity index (χ3v) is 2.42. The lowest BCUT2D eigenvalue weighted by molar-refractivity contribution is -0.114. The zero-order valence-corrected chi connectivity index (χ0v) is 9.91. The van der Waals surface area contributed by atoms with E-state index in [0.717, 1.165) is 5.69 Å². The molecule has 72 valence electrons. The lowest BCUT2D eigenvalue weighted by Gasteiger charge is -2.05. The van der Waals surface area contributed by atoms with Gasteiger partial charge < -0.3 is 5.32 Å². The molecule has 1 rings (SSSR count). The monoisotopic (exact) mass is 299 g/mol. The largest absolute Gasteiger partial charge is 0.324 e. The Bertz CT molecular complexity index is 364. The summed E-state index contributed by atoms with van der Waals surface area (Å²) in [5.74, 6) is 5.43. The van der Waals surface area contributed by atoms with Crippen LogP contribution in [0.3, 0.4) is 0 Å². The van der Waals surface area contributed by atoms with E-state index in [1.54, 1.807) is 6.92 Å². The minimum atomic E-state index is -0.294. The van der Waals surface area contributed by atoms with E-state index in [9.17, 15) is 4.79 Å². The topological polar surface area (TPSA) is 29.1 Å². The Morgan fingerprint density at radius 2 is 2.07 bits per heavy atom.